The molecule has 0 saturated carbocycles. The van der Waals surface area contributed by atoms with Gasteiger partial charge >= 0.3 is 0 Å². The smallest absolute Gasteiger partial charge is 0.260 e. The van der Waals surface area contributed by atoms with Crippen molar-refractivity contribution in [1.82, 2.24) is 4.90 Å². The van der Waals surface area contributed by atoms with Crippen molar-refractivity contribution in [2.75, 3.05) is 19.7 Å². The molecule has 0 aliphatic carbocycles. The third-order valence-electron chi connectivity index (χ3n) is 3.57. The van der Waals surface area contributed by atoms with Gasteiger partial charge in [-0.2, -0.15) is 0 Å². The maximum absolute atomic E-state index is 12.1. The summed E-state index contributed by atoms with van der Waals surface area (Å²) in [6.45, 7) is 0.782. The average Bonchev–Trinajstić information content (AvgIpc) is 2.52. The number of hydrogen-bond donors (Lipinski definition) is 1. The first-order valence-corrected chi connectivity index (χ1v) is 6.86. The zero-order chi connectivity index (χ0) is 15.2. The van der Waals surface area contributed by atoms with Gasteiger partial charge in [0.15, 0.2) is 12.9 Å². The van der Waals surface area contributed by atoms with Crippen molar-refractivity contribution >= 4 is 18.1 Å². The van der Waals surface area contributed by atoms with Gasteiger partial charge in [0.25, 0.3) is 5.91 Å². The minimum Gasteiger partial charge on any atom is -0.483 e. The maximum Gasteiger partial charge on any atom is 0.260 e. The van der Waals surface area contributed by atoms with Gasteiger partial charge in [-0.25, -0.2) is 0 Å². The highest BCUT2D eigenvalue weighted by molar-refractivity contribution is 5.82. The van der Waals surface area contributed by atoms with Gasteiger partial charge in [-0.15, -0.1) is 0 Å². The second kappa shape index (κ2) is 6.88. The molecule has 0 radical (unpaired) electrons. The van der Waals surface area contributed by atoms with E-state index >= 15 is 0 Å². The Kier molecular flexibility index (Phi) is 4.92. The van der Waals surface area contributed by atoms with Gasteiger partial charge in [0.1, 0.15) is 5.75 Å². The van der Waals surface area contributed by atoms with Crippen LogP contribution in [0.4, 0.5) is 0 Å². The lowest BCUT2D eigenvalue weighted by Gasteiger charge is -2.31. The highest BCUT2D eigenvalue weighted by Gasteiger charge is 2.27. The average molecular weight is 290 g/mol. The Labute approximate surface area is 122 Å². The van der Waals surface area contributed by atoms with Crippen LogP contribution in [-0.2, 0) is 9.59 Å². The zero-order valence-corrected chi connectivity index (χ0v) is 11.7. The number of primary amides is 1. The monoisotopic (exact) mass is 290 g/mol. The number of piperidine rings is 1. The van der Waals surface area contributed by atoms with Crippen LogP contribution in [0.2, 0.25) is 0 Å². The predicted molar refractivity (Wildman–Crippen MR) is 75.8 cm³/mol. The summed E-state index contributed by atoms with van der Waals surface area (Å²) in [6, 6.07) is 6.72. The number of rotatable bonds is 5. The summed E-state index contributed by atoms with van der Waals surface area (Å²) >= 11 is 0. The van der Waals surface area contributed by atoms with Crippen LogP contribution in [0.15, 0.2) is 24.3 Å². The first-order chi connectivity index (χ1) is 10.1. The Balaban J connectivity index is 1.92. The molecule has 1 aliphatic rings. The SMILES string of the molecule is NC(=O)C1CCCN(C(=O)COc2ccccc2C=O)C1. The number of likely N-dealkylation sites (tertiary alicyclic amines) is 1. The number of carbonyl (C=O) groups is 3. The van der Waals surface area contributed by atoms with E-state index in [0.29, 0.717) is 37.1 Å². The van der Waals surface area contributed by atoms with Crippen LogP contribution in [0, 0.1) is 5.92 Å². The van der Waals surface area contributed by atoms with Crippen LogP contribution < -0.4 is 10.5 Å². The van der Waals surface area contributed by atoms with E-state index in [9.17, 15) is 14.4 Å². The number of para-hydroxylation sites is 1. The number of nitrogens with zero attached hydrogens (tertiary/aromatic N) is 1. The fourth-order valence-electron chi connectivity index (χ4n) is 2.38. The molecule has 6 heteroatoms. The molecule has 112 valence electrons. The van der Waals surface area contributed by atoms with Crippen LogP contribution >= 0.6 is 0 Å². The number of amides is 2. The molecule has 0 aromatic heterocycles. The molecule has 1 fully saturated rings. The van der Waals surface area contributed by atoms with Crippen LogP contribution in [0.3, 0.4) is 0 Å². The lowest BCUT2D eigenvalue weighted by Crippen LogP contribution is -2.45. The first-order valence-electron chi connectivity index (χ1n) is 6.86. The van der Waals surface area contributed by atoms with Crippen molar-refractivity contribution in [2.24, 2.45) is 11.7 Å². The molecule has 6 nitrogen and oxygen atoms in total. The molecule has 1 aromatic rings. The van der Waals surface area contributed by atoms with Crippen LogP contribution in [0.5, 0.6) is 5.75 Å². The van der Waals surface area contributed by atoms with Gasteiger partial charge in [-0.1, -0.05) is 12.1 Å². The van der Waals surface area contributed by atoms with E-state index in [1.165, 1.54) is 0 Å². The lowest BCUT2D eigenvalue weighted by atomic mass is 9.97. The highest BCUT2D eigenvalue weighted by Crippen LogP contribution is 2.18. The summed E-state index contributed by atoms with van der Waals surface area (Å²) in [5.74, 6) is -0.490. The molecular weight excluding hydrogens is 272 g/mol. The fourth-order valence-corrected chi connectivity index (χ4v) is 2.38. The highest BCUT2D eigenvalue weighted by atomic mass is 16.5. The molecule has 1 atom stereocenters. The van der Waals surface area contributed by atoms with Crippen molar-refractivity contribution in [3.05, 3.63) is 29.8 Å². The minimum atomic E-state index is -0.375. The molecular formula is C15H18N2O4. The molecule has 1 saturated heterocycles. The molecule has 2 amide bonds. The van der Waals surface area contributed by atoms with E-state index < -0.39 is 0 Å². The number of ether oxygens (including phenoxy) is 1. The van der Waals surface area contributed by atoms with Crippen molar-refractivity contribution in [3.8, 4) is 5.75 Å². The maximum atomic E-state index is 12.1. The van der Waals surface area contributed by atoms with Gasteiger partial charge in [-0.05, 0) is 25.0 Å². The topological polar surface area (TPSA) is 89.7 Å². The van der Waals surface area contributed by atoms with Crippen molar-refractivity contribution in [3.63, 3.8) is 0 Å². The number of nitrogens with two attached hydrogens (primary N) is 1. The number of benzene rings is 1. The van der Waals surface area contributed by atoms with Crippen LogP contribution in [0.1, 0.15) is 23.2 Å². The number of hydrogen-bond acceptors (Lipinski definition) is 4. The van der Waals surface area contributed by atoms with Crippen LogP contribution in [-0.4, -0.2) is 42.7 Å². The number of aldehydes is 1. The third kappa shape index (κ3) is 3.81. The standard InChI is InChI=1S/C15H18N2O4/c16-15(20)11-5-3-7-17(8-11)14(19)10-21-13-6-2-1-4-12(13)9-18/h1-2,4,6,9,11H,3,5,7-8,10H2,(H2,16,20). The van der Waals surface area contributed by atoms with E-state index in [1.54, 1.807) is 29.2 Å². The Morgan fingerprint density at radius 1 is 1.38 bits per heavy atom. The minimum absolute atomic E-state index is 0.156. The van der Waals surface area contributed by atoms with E-state index in [-0.39, 0.29) is 24.3 Å². The second-order valence-electron chi connectivity index (χ2n) is 5.03. The molecule has 1 aliphatic heterocycles. The van der Waals surface area contributed by atoms with Gasteiger partial charge < -0.3 is 15.4 Å². The Bertz CT molecular complexity index is 544. The van der Waals surface area contributed by atoms with Crippen LogP contribution in [0.25, 0.3) is 0 Å². The van der Waals surface area contributed by atoms with Crippen molar-refractivity contribution in [1.29, 1.82) is 0 Å². The van der Waals surface area contributed by atoms with Gasteiger partial charge in [-0.3, -0.25) is 14.4 Å². The lowest BCUT2D eigenvalue weighted by molar-refractivity contribution is -0.136. The van der Waals surface area contributed by atoms with Crippen molar-refractivity contribution in [2.45, 2.75) is 12.8 Å². The zero-order valence-electron chi connectivity index (χ0n) is 11.7. The molecule has 0 bridgehead atoms. The molecule has 1 aromatic carbocycles. The Morgan fingerprint density at radius 3 is 2.86 bits per heavy atom. The Hall–Kier alpha value is -2.37. The quantitative estimate of drug-likeness (QED) is 0.804. The summed E-state index contributed by atoms with van der Waals surface area (Å²) in [4.78, 5) is 35.7. The van der Waals surface area contributed by atoms with Gasteiger partial charge in [0.05, 0.1) is 11.5 Å². The molecule has 2 rings (SSSR count). The summed E-state index contributed by atoms with van der Waals surface area (Å²) in [6.07, 6.45) is 2.15. The van der Waals surface area contributed by atoms with Gasteiger partial charge in [0, 0.05) is 13.1 Å². The molecule has 0 spiro atoms. The summed E-state index contributed by atoms with van der Waals surface area (Å²) in [5.41, 5.74) is 5.69. The second-order valence-corrected chi connectivity index (χ2v) is 5.03. The predicted octanol–water partition coefficient (Wildman–Crippen LogP) is 0.602. The van der Waals surface area contributed by atoms with E-state index in [1.807, 2.05) is 0 Å². The summed E-state index contributed by atoms with van der Waals surface area (Å²) in [5, 5.41) is 0. The largest absolute Gasteiger partial charge is 0.483 e. The third-order valence-corrected chi connectivity index (χ3v) is 3.57. The molecule has 1 unspecified atom stereocenters. The summed E-state index contributed by atoms with van der Waals surface area (Å²) < 4.78 is 5.40. The van der Waals surface area contributed by atoms with E-state index in [2.05, 4.69) is 0 Å². The molecule has 1 heterocycles. The normalized spacial score (nSPS) is 18.1. The molecule has 21 heavy (non-hydrogen) atoms. The number of carbonyl (C=O) groups excluding carboxylic acids is 3. The first kappa shape index (κ1) is 15.0. The van der Waals surface area contributed by atoms with Gasteiger partial charge in [0.2, 0.25) is 5.91 Å². The van der Waals surface area contributed by atoms with E-state index in [4.69, 9.17) is 10.5 Å². The summed E-state index contributed by atoms with van der Waals surface area (Å²) in [7, 11) is 0. The van der Waals surface area contributed by atoms with E-state index in [0.717, 1.165) is 6.42 Å². The molecule has 2 N–H and O–H groups in total. The van der Waals surface area contributed by atoms with Crippen molar-refractivity contribution < 1.29 is 19.1 Å². The fraction of sp³-hybridized carbons (Fsp3) is 0.400. The Morgan fingerprint density at radius 2 is 2.14 bits per heavy atom.